The van der Waals surface area contributed by atoms with Crippen LogP contribution in [-0.2, 0) is 4.74 Å². The predicted octanol–water partition coefficient (Wildman–Crippen LogP) is 5.03. The molecule has 1 fully saturated rings. The third-order valence-electron chi connectivity index (χ3n) is 5.75. The van der Waals surface area contributed by atoms with E-state index in [2.05, 4.69) is 60.7 Å². The van der Waals surface area contributed by atoms with E-state index >= 15 is 0 Å². The molecule has 1 aliphatic carbocycles. The van der Waals surface area contributed by atoms with Gasteiger partial charge in [-0.3, -0.25) is 0 Å². The fourth-order valence-corrected chi connectivity index (χ4v) is 4.25. The Morgan fingerprint density at radius 1 is 0.815 bits per heavy atom. The second-order valence-corrected chi connectivity index (χ2v) is 7.32. The number of carbonyl (C=O) groups excluding carboxylic acids is 1. The highest BCUT2D eigenvalue weighted by Crippen LogP contribution is 2.44. The van der Waals surface area contributed by atoms with E-state index in [0.717, 1.165) is 13.1 Å². The van der Waals surface area contributed by atoms with Crippen molar-refractivity contribution in [2.24, 2.45) is 0 Å². The summed E-state index contributed by atoms with van der Waals surface area (Å²) in [7, 11) is 0. The van der Waals surface area contributed by atoms with Gasteiger partial charge in [-0.25, -0.2) is 4.79 Å². The van der Waals surface area contributed by atoms with Crippen molar-refractivity contribution in [3.63, 3.8) is 0 Å². The number of nitrogens with zero attached hydrogens (tertiary/aromatic N) is 1. The van der Waals surface area contributed by atoms with Crippen molar-refractivity contribution in [3.05, 3.63) is 95.6 Å². The van der Waals surface area contributed by atoms with Gasteiger partial charge in [-0.15, -0.1) is 0 Å². The monoisotopic (exact) mass is 355 g/mol. The molecule has 0 bridgehead atoms. The van der Waals surface area contributed by atoms with Gasteiger partial charge in [0.2, 0.25) is 0 Å². The van der Waals surface area contributed by atoms with Crippen molar-refractivity contribution in [3.8, 4) is 11.1 Å². The van der Waals surface area contributed by atoms with Gasteiger partial charge in [-0.1, -0.05) is 78.9 Å². The van der Waals surface area contributed by atoms with E-state index in [1.807, 2.05) is 18.2 Å². The maximum absolute atomic E-state index is 12.5. The number of fused-ring (bicyclic) bond motifs is 3. The van der Waals surface area contributed by atoms with Crippen LogP contribution in [0, 0.1) is 0 Å². The molecular weight excluding hydrogens is 334 g/mol. The number of amides is 1. The molecule has 0 aromatic heterocycles. The van der Waals surface area contributed by atoms with Crippen LogP contribution in [0.4, 0.5) is 4.79 Å². The van der Waals surface area contributed by atoms with Crippen LogP contribution < -0.4 is 0 Å². The van der Waals surface area contributed by atoms with Gasteiger partial charge in [-0.2, -0.15) is 0 Å². The predicted molar refractivity (Wildman–Crippen MR) is 106 cm³/mol. The highest BCUT2D eigenvalue weighted by molar-refractivity contribution is 5.79. The molecule has 3 aromatic rings. The zero-order chi connectivity index (χ0) is 18.2. The van der Waals surface area contributed by atoms with E-state index < -0.39 is 0 Å². The highest BCUT2D eigenvalue weighted by atomic mass is 16.6. The largest absolute Gasteiger partial charge is 0.448 e. The number of hydrogen-bond donors (Lipinski definition) is 0. The van der Waals surface area contributed by atoms with Crippen LogP contribution in [0.2, 0.25) is 0 Å². The zero-order valence-electron chi connectivity index (χ0n) is 15.0. The zero-order valence-corrected chi connectivity index (χ0v) is 15.0. The standard InChI is InChI=1S/C24H21NO2/c26-24(25-14-18(15-25)17-8-2-1-3-9-17)27-16-23-21-12-6-4-10-19(21)20-11-5-7-13-22(20)23/h1-13,18,23H,14-16H2. The number of hydrogen-bond acceptors (Lipinski definition) is 2. The van der Waals surface area contributed by atoms with Gasteiger partial charge in [-0.05, 0) is 27.8 Å². The Hall–Kier alpha value is -3.07. The molecule has 1 aliphatic heterocycles. The molecular formula is C24H21NO2. The van der Waals surface area contributed by atoms with Gasteiger partial charge in [0.15, 0.2) is 0 Å². The highest BCUT2D eigenvalue weighted by Gasteiger charge is 2.34. The lowest BCUT2D eigenvalue weighted by molar-refractivity contribution is 0.0695. The number of carbonyl (C=O) groups is 1. The van der Waals surface area contributed by atoms with E-state index in [4.69, 9.17) is 4.74 Å². The Kier molecular flexibility index (Phi) is 3.93. The van der Waals surface area contributed by atoms with Crippen LogP contribution in [-0.4, -0.2) is 30.7 Å². The Morgan fingerprint density at radius 2 is 1.37 bits per heavy atom. The van der Waals surface area contributed by atoms with Crippen LogP contribution in [0.3, 0.4) is 0 Å². The molecule has 0 saturated carbocycles. The van der Waals surface area contributed by atoms with Crippen molar-refractivity contribution < 1.29 is 9.53 Å². The molecule has 0 unspecified atom stereocenters. The minimum absolute atomic E-state index is 0.118. The summed E-state index contributed by atoms with van der Waals surface area (Å²) in [6.45, 7) is 1.86. The molecule has 3 aromatic carbocycles. The molecule has 5 rings (SSSR count). The second kappa shape index (κ2) is 6.58. The molecule has 27 heavy (non-hydrogen) atoms. The van der Waals surface area contributed by atoms with Crippen LogP contribution in [0.5, 0.6) is 0 Å². The first kappa shape index (κ1) is 16.1. The summed E-state index contributed by atoms with van der Waals surface area (Å²) >= 11 is 0. The summed E-state index contributed by atoms with van der Waals surface area (Å²) < 4.78 is 5.71. The van der Waals surface area contributed by atoms with Gasteiger partial charge < -0.3 is 9.64 Å². The molecule has 0 atom stereocenters. The Bertz CT molecular complexity index is 931. The fourth-order valence-electron chi connectivity index (χ4n) is 4.25. The van der Waals surface area contributed by atoms with Crippen molar-refractivity contribution >= 4 is 6.09 Å². The van der Waals surface area contributed by atoms with E-state index in [-0.39, 0.29) is 12.0 Å². The fraction of sp³-hybridized carbons (Fsp3) is 0.208. The minimum Gasteiger partial charge on any atom is -0.448 e. The van der Waals surface area contributed by atoms with Crippen molar-refractivity contribution in [1.82, 2.24) is 4.90 Å². The van der Waals surface area contributed by atoms with E-state index in [0.29, 0.717) is 12.5 Å². The SMILES string of the molecule is O=C(OCC1c2ccccc2-c2ccccc21)N1CC(c2ccccc2)C1. The van der Waals surface area contributed by atoms with Crippen LogP contribution in [0.1, 0.15) is 28.5 Å². The second-order valence-electron chi connectivity index (χ2n) is 7.32. The molecule has 1 saturated heterocycles. The lowest BCUT2D eigenvalue weighted by Gasteiger charge is -2.38. The molecule has 0 radical (unpaired) electrons. The number of rotatable bonds is 3. The van der Waals surface area contributed by atoms with Crippen molar-refractivity contribution in [2.45, 2.75) is 11.8 Å². The summed E-state index contributed by atoms with van der Waals surface area (Å²) in [5.41, 5.74) is 6.29. The maximum Gasteiger partial charge on any atom is 0.409 e. The Morgan fingerprint density at radius 3 is 2.00 bits per heavy atom. The summed E-state index contributed by atoms with van der Waals surface area (Å²) in [5.74, 6) is 0.541. The Labute approximate surface area is 159 Å². The molecule has 0 N–H and O–H groups in total. The van der Waals surface area contributed by atoms with Gasteiger partial charge in [0.05, 0.1) is 0 Å². The summed E-state index contributed by atoms with van der Waals surface area (Å²) in [5, 5.41) is 0. The van der Waals surface area contributed by atoms with Gasteiger partial charge in [0, 0.05) is 24.9 Å². The Balaban J connectivity index is 1.25. The quantitative estimate of drug-likeness (QED) is 0.659. The lowest BCUT2D eigenvalue weighted by atomic mass is 9.92. The first-order valence-corrected chi connectivity index (χ1v) is 9.46. The molecule has 1 heterocycles. The summed E-state index contributed by atoms with van der Waals surface area (Å²) in [6.07, 6.45) is -0.205. The van der Waals surface area contributed by atoms with Crippen LogP contribution in [0.15, 0.2) is 78.9 Å². The average Bonchev–Trinajstić information content (AvgIpc) is 3.00. The smallest absolute Gasteiger partial charge is 0.409 e. The molecule has 134 valence electrons. The third-order valence-corrected chi connectivity index (χ3v) is 5.75. The van der Waals surface area contributed by atoms with Crippen molar-refractivity contribution in [1.29, 1.82) is 0 Å². The van der Waals surface area contributed by atoms with Crippen molar-refractivity contribution in [2.75, 3.05) is 19.7 Å². The summed E-state index contributed by atoms with van der Waals surface area (Å²) in [4.78, 5) is 14.3. The first-order valence-electron chi connectivity index (χ1n) is 9.46. The van der Waals surface area contributed by atoms with E-state index in [1.165, 1.54) is 27.8 Å². The third kappa shape index (κ3) is 2.80. The lowest BCUT2D eigenvalue weighted by Crippen LogP contribution is -2.48. The van der Waals surface area contributed by atoms with Gasteiger partial charge >= 0.3 is 6.09 Å². The maximum atomic E-state index is 12.5. The molecule has 3 nitrogen and oxygen atoms in total. The van der Waals surface area contributed by atoms with Gasteiger partial charge in [0.1, 0.15) is 6.61 Å². The van der Waals surface area contributed by atoms with E-state index in [1.54, 1.807) is 4.90 Å². The normalized spacial score (nSPS) is 15.8. The number of likely N-dealkylation sites (tertiary alicyclic amines) is 1. The first-order chi connectivity index (χ1) is 13.3. The molecule has 0 spiro atoms. The minimum atomic E-state index is -0.205. The van der Waals surface area contributed by atoms with Gasteiger partial charge in [0.25, 0.3) is 0 Å². The van der Waals surface area contributed by atoms with E-state index in [9.17, 15) is 4.79 Å². The van der Waals surface area contributed by atoms with Crippen LogP contribution >= 0.6 is 0 Å². The number of ether oxygens (including phenoxy) is 1. The molecule has 2 aliphatic rings. The van der Waals surface area contributed by atoms with Crippen LogP contribution in [0.25, 0.3) is 11.1 Å². The number of benzene rings is 3. The molecule has 1 amide bonds. The summed E-state index contributed by atoms with van der Waals surface area (Å²) in [6, 6.07) is 27.2. The molecule has 3 heteroatoms. The topological polar surface area (TPSA) is 29.5 Å². The average molecular weight is 355 g/mol.